The quantitative estimate of drug-likeness (QED) is 0.202. The molecule has 0 aromatic rings. The summed E-state index contributed by atoms with van der Waals surface area (Å²) in [6, 6.07) is 1.19. The Morgan fingerprint density at radius 3 is 2.42 bits per heavy atom. The number of ether oxygens (including phenoxy) is 1. The highest BCUT2D eigenvalue weighted by Gasteiger charge is 2.22. The first-order chi connectivity index (χ1) is 11.2. The van der Waals surface area contributed by atoms with Gasteiger partial charge in [0.05, 0.1) is 0 Å². The van der Waals surface area contributed by atoms with E-state index in [4.69, 9.17) is 4.74 Å². The van der Waals surface area contributed by atoms with E-state index in [0.717, 1.165) is 25.3 Å². The Kier molecular flexibility index (Phi) is 10.8. The van der Waals surface area contributed by atoms with Crippen molar-refractivity contribution < 1.29 is 4.74 Å². The molecule has 5 heteroatoms. The van der Waals surface area contributed by atoms with Crippen molar-refractivity contribution in [2.45, 2.75) is 52.9 Å². The van der Waals surface area contributed by atoms with E-state index >= 15 is 0 Å². The smallest absolute Gasteiger partial charge is 0.116 e. The second-order valence-electron chi connectivity index (χ2n) is 7.89. The average Bonchev–Trinajstić information content (AvgIpc) is 2.49. The minimum Gasteiger partial charge on any atom is -0.390 e. The Morgan fingerprint density at radius 1 is 1.25 bits per heavy atom. The second-order valence-corrected chi connectivity index (χ2v) is 13.5. The molecule has 0 aliphatic heterocycles. The van der Waals surface area contributed by atoms with Gasteiger partial charge in [0, 0.05) is 51.3 Å². The lowest BCUT2D eigenvalue weighted by Gasteiger charge is -2.29. The molecule has 0 bridgehead atoms. The summed E-state index contributed by atoms with van der Waals surface area (Å²) in [5.74, 6) is 0. The van der Waals surface area contributed by atoms with Gasteiger partial charge in [-0.25, -0.2) is 0 Å². The van der Waals surface area contributed by atoms with Gasteiger partial charge in [0.2, 0.25) is 0 Å². The Morgan fingerprint density at radius 2 is 1.92 bits per heavy atom. The van der Waals surface area contributed by atoms with Crippen LogP contribution in [0.25, 0.3) is 0 Å². The van der Waals surface area contributed by atoms with Gasteiger partial charge in [0.25, 0.3) is 0 Å². The summed E-state index contributed by atoms with van der Waals surface area (Å²) in [4.78, 5) is 0. The molecule has 0 saturated heterocycles. The van der Waals surface area contributed by atoms with Gasteiger partial charge in [0.15, 0.2) is 0 Å². The maximum atomic E-state index is 5.77. The predicted molar refractivity (Wildman–Crippen MR) is 110 cm³/mol. The van der Waals surface area contributed by atoms with Gasteiger partial charge >= 0.3 is 0 Å². The molecule has 0 heterocycles. The van der Waals surface area contributed by atoms with Crippen LogP contribution in [0.15, 0.2) is 36.3 Å². The number of hydrogen-bond acceptors (Lipinski definition) is 4. The molecular formula is C19H39N3OSi. The summed E-state index contributed by atoms with van der Waals surface area (Å²) in [6.07, 6.45) is 6.90. The maximum Gasteiger partial charge on any atom is 0.116 e. The van der Waals surface area contributed by atoms with Crippen molar-refractivity contribution in [2.24, 2.45) is 5.41 Å². The van der Waals surface area contributed by atoms with Crippen LogP contribution in [-0.4, -0.2) is 35.0 Å². The van der Waals surface area contributed by atoms with Crippen molar-refractivity contribution in [1.29, 1.82) is 0 Å². The van der Waals surface area contributed by atoms with E-state index in [1.807, 2.05) is 19.2 Å². The van der Waals surface area contributed by atoms with E-state index < -0.39 is 8.07 Å². The number of nitrogens with one attached hydrogen (secondary N) is 3. The van der Waals surface area contributed by atoms with Crippen LogP contribution in [0.3, 0.4) is 0 Å². The van der Waals surface area contributed by atoms with Crippen molar-refractivity contribution in [3.05, 3.63) is 36.3 Å². The van der Waals surface area contributed by atoms with Crippen LogP contribution in [0.4, 0.5) is 0 Å². The molecule has 0 aromatic heterocycles. The van der Waals surface area contributed by atoms with Crippen LogP contribution >= 0.6 is 0 Å². The van der Waals surface area contributed by atoms with Crippen LogP contribution in [0.1, 0.15) is 27.2 Å². The zero-order valence-electron chi connectivity index (χ0n) is 16.9. The van der Waals surface area contributed by atoms with Gasteiger partial charge in [-0.2, -0.15) is 0 Å². The minimum absolute atomic E-state index is 0.0422. The summed E-state index contributed by atoms with van der Waals surface area (Å²) in [6.45, 7) is 19.7. The molecular weight excluding hydrogens is 314 g/mol. The molecule has 0 radical (unpaired) electrons. The Hall–Kier alpha value is -1.20. The molecule has 0 spiro atoms. The number of hydrogen-bond donors (Lipinski definition) is 3. The largest absolute Gasteiger partial charge is 0.390 e. The highest BCUT2D eigenvalue weighted by Crippen LogP contribution is 2.23. The maximum absolute atomic E-state index is 5.77. The number of allylic oxidation sites excluding steroid dienone is 3. The SMILES string of the molecule is C=C/C=C(/NCOCC[Si](C)(C)C)C(C)(C)CN/C=C(\CC)NC. The summed E-state index contributed by atoms with van der Waals surface area (Å²) in [5.41, 5.74) is 2.29. The van der Waals surface area contributed by atoms with Gasteiger partial charge in [-0.3, -0.25) is 0 Å². The molecule has 0 unspecified atom stereocenters. The highest BCUT2D eigenvalue weighted by molar-refractivity contribution is 6.76. The van der Waals surface area contributed by atoms with E-state index in [-0.39, 0.29) is 5.41 Å². The molecule has 24 heavy (non-hydrogen) atoms. The predicted octanol–water partition coefficient (Wildman–Crippen LogP) is 4.04. The Bertz CT molecular complexity index is 417. The molecule has 0 fully saturated rings. The van der Waals surface area contributed by atoms with Gasteiger partial charge in [-0.1, -0.05) is 53.1 Å². The lowest BCUT2D eigenvalue weighted by molar-refractivity contribution is 0.129. The van der Waals surface area contributed by atoms with E-state index in [2.05, 4.69) is 69.1 Å². The van der Waals surface area contributed by atoms with Crippen molar-refractivity contribution in [3.63, 3.8) is 0 Å². The van der Waals surface area contributed by atoms with Gasteiger partial charge in [-0.15, -0.1) is 0 Å². The van der Waals surface area contributed by atoms with Gasteiger partial charge in [-0.05, 0) is 18.5 Å². The third kappa shape index (κ3) is 10.5. The van der Waals surface area contributed by atoms with Gasteiger partial charge < -0.3 is 20.7 Å². The van der Waals surface area contributed by atoms with Crippen LogP contribution < -0.4 is 16.0 Å². The molecule has 0 aliphatic rings. The van der Waals surface area contributed by atoms with Crippen LogP contribution in [0, 0.1) is 5.41 Å². The van der Waals surface area contributed by atoms with E-state index in [1.165, 1.54) is 11.7 Å². The normalized spacial score (nSPS) is 13.6. The number of rotatable bonds is 13. The lowest BCUT2D eigenvalue weighted by Crippen LogP contribution is -2.36. The summed E-state index contributed by atoms with van der Waals surface area (Å²) < 4.78 is 5.77. The average molecular weight is 354 g/mol. The topological polar surface area (TPSA) is 45.3 Å². The molecule has 0 aromatic carbocycles. The summed E-state index contributed by atoms with van der Waals surface area (Å²) in [5, 5.41) is 10.0. The Balaban J connectivity index is 4.49. The molecule has 0 saturated carbocycles. The first kappa shape index (κ1) is 22.8. The Labute approximate surface area is 150 Å². The molecule has 0 rings (SSSR count). The monoisotopic (exact) mass is 353 g/mol. The molecule has 0 atom stereocenters. The molecule has 0 amide bonds. The first-order valence-electron chi connectivity index (χ1n) is 8.91. The fourth-order valence-electron chi connectivity index (χ4n) is 2.10. The molecule has 4 nitrogen and oxygen atoms in total. The fraction of sp³-hybridized carbons (Fsp3) is 0.684. The second kappa shape index (κ2) is 11.4. The molecule has 3 N–H and O–H groups in total. The van der Waals surface area contributed by atoms with Crippen LogP contribution in [-0.2, 0) is 4.74 Å². The van der Waals surface area contributed by atoms with Crippen molar-refractivity contribution >= 4 is 8.07 Å². The zero-order chi connectivity index (χ0) is 18.6. The standard InChI is InChI=1S/C19H39N3OSi/c1-9-11-18(22-16-23-12-13-24(6,7)8)19(3,4)15-21-14-17(10-2)20-5/h9,11,14,20-22H,1,10,12-13,15-16H2,2-8H3/b17-14+,18-11+. The van der Waals surface area contributed by atoms with Crippen molar-refractivity contribution in [3.8, 4) is 0 Å². The minimum atomic E-state index is -1.03. The van der Waals surface area contributed by atoms with Gasteiger partial charge in [0.1, 0.15) is 6.73 Å². The summed E-state index contributed by atoms with van der Waals surface area (Å²) in [7, 11) is 0.921. The fourth-order valence-corrected chi connectivity index (χ4v) is 2.85. The molecule has 140 valence electrons. The third-order valence-corrected chi connectivity index (χ3v) is 5.60. The van der Waals surface area contributed by atoms with Crippen molar-refractivity contribution in [1.82, 2.24) is 16.0 Å². The lowest BCUT2D eigenvalue weighted by atomic mass is 9.88. The van der Waals surface area contributed by atoms with E-state index in [9.17, 15) is 0 Å². The van der Waals surface area contributed by atoms with Crippen molar-refractivity contribution in [2.75, 3.05) is 26.9 Å². The third-order valence-electron chi connectivity index (χ3n) is 3.90. The molecule has 0 aliphatic carbocycles. The van der Waals surface area contributed by atoms with Crippen LogP contribution in [0.5, 0.6) is 0 Å². The van der Waals surface area contributed by atoms with E-state index in [1.54, 1.807) is 0 Å². The summed E-state index contributed by atoms with van der Waals surface area (Å²) >= 11 is 0. The zero-order valence-corrected chi connectivity index (χ0v) is 17.9. The first-order valence-corrected chi connectivity index (χ1v) is 12.6. The van der Waals surface area contributed by atoms with Crippen LogP contribution in [0.2, 0.25) is 25.7 Å². The highest BCUT2D eigenvalue weighted by atomic mass is 28.3. The van der Waals surface area contributed by atoms with E-state index in [0.29, 0.717) is 6.73 Å².